The van der Waals surface area contributed by atoms with Crippen LogP contribution in [0, 0.1) is 11.3 Å². The Morgan fingerprint density at radius 1 is 1.00 bits per heavy atom. The first-order chi connectivity index (χ1) is 13.8. The molecule has 2 aromatic heterocycles. The van der Waals surface area contributed by atoms with Gasteiger partial charge in [0.2, 0.25) is 5.82 Å². The van der Waals surface area contributed by atoms with E-state index in [1.54, 1.807) is 13.3 Å². The molecule has 0 spiro atoms. The Morgan fingerprint density at radius 3 is 2.46 bits per heavy atom. The lowest BCUT2D eigenvalue weighted by Crippen LogP contribution is -2.34. The van der Waals surface area contributed by atoms with Gasteiger partial charge in [-0.05, 0) is 49.2 Å². The van der Waals surface area contributed by atoms with Crippen LogP contribution in [-0.2, 0) is 0 Å². The normalized spacial score (nSPS) is 14.5. The maximum absolute atomic E-state index is 8.98. The molecular weight excluding hydrogens is 352 g/mol. The molecule has 0 radical (unpaired) electrons. The average Bonchev–Trinajstić information content (AvgIpc) is 2.79. The summed E-state index contributed by atoms with van der Waals surface area (Å²) in [7, 11) is 1.66. The van der Waals surface area contributed by atoms with Crippen molar-refractivity contribution in [2.24, 2.45) is 0 Å². The number of methoxy groups -OCH3 is 1. The van der Waals surface area contributed by atoms with Gasteiger partial charge in [-0.25, -0.2) is 19.9 Å². The molecule has 0 N–H and O–H groups in total. The van der Waals surface area contributed by atoms with Crippen LogP contribution < -0.4 is 9.64 Å². The second-order valence-electron chi connectivity index (χ2n) is 6.64. The highest BCUT2D eigenvalue weighted by Gasteiger charge is 2.24. The van der Waals surface area contributed by atoms with Crippen LogP contribution >= 0.6 is 0 Å². The Bertz CT molecular complexity index is 990. The summed E-state index contributed by atoms with van der Waals surface area (Å²) >= 11 is 0. The van der Waals surface area contributed by atoms with Gasteiger partial charge in [0.05, 0.1) is 12.8 Å². The number of ether oxygens (including phenoxy) is 1. The lowest BCUT2D eigenvalue weighted by molar-refractivity contribution is 0.415. The summed E-state index contributed by atoms with van der Waals surface area (Å²) in [5.41, 5.74) is 1.97. The smallest absolute Gasteiger partial charge is 0.234 e. The maximum atomic E-state index is 8.98. The summed E-state index contributed by atoms with van der Waals surface area (Å²) in [5, 5.41) is 8.98. The molecule has 1 aromatic carbocycles. The van der Waals surface area contributed by atoms with Gasteiger partial charge in [0.25, 0.3) is 0 Å². The fraction of sp³-hybridized carbons (Fsp3) is 0.286. The van der Waals surface area contributed by atoms with Crippen molar-refractivity contribution in [3.8, 4) is 23.1 Å². The van der Waals surface area contributed by atoms with Gasteiger partial charge >= 0.3 is 0 Å². The van der Waals surface area contributed by atoms with Gasteiger partial charge in [-0.1, -0.05) is 0 Å². The number of hydrogen-bond acceptors (Lipinski definition) is 7. The number of nitriles is 1. The highest BCUT2D eigenvalue weighted by molar-refractivity contribution is 5.59. The monoisotopic (exact) mass is 372 g/mol. The molecule has 3 heterocycles. The van der Waals surface area contributed by atoms with Crippen LogP contribution in [0.4, 0.5) is 5.82 Å². The van der Waals surface area contributed by atoms with Gasteiger partial charge in [-0.2, -0.15) is 5.26 Å². The third-order valence-electron chi connectivity index (χ3n) is 4.98. The van der Waals surface area contributed by atoms with Gasteiger partial charge in [0.1, 0.15) is 23.5 Å². The van der Waals surface area contributed by atoms with Crippen LogP contribution in [0.15, 0.2) is 48.8 Å². The Labute approximate surface area is 163 Å². The third-order valence-corrected chi connectivity index (χ3v) is 4.98. The Hall–Kier alpha value is -3.53. The van der Waals surface area contributed by atoms with Crippen LogP contribution in [0.3, 0.4) is 0 Å². The van der Waals surface area contributed by atoms with Crippen molar-refractivity contribution >= 4 is 5.82 Å². The molecule has 1 aliphatic rings. The number of hydrogen-bond donors (Lipinski definition) is 0. The minimum Gasteiger partial charge on any atom is -0.497 e. The highest BCUT2D eigenvalue weighted by Crippen LogP contribution is 2.29. The Kier molecular flexibility index (Phi) is 5.11. The molecule has 4 rings (SSSR count). The van der Waals surface area contributed by atoms with E-state index >= 15 is 0 Å². The lowest BCUT2D eigenvalue weighted by Gasteiger charge is -2.32. The Morgan fingerprint density at radius 2 is 1.75 bits per heavy atom. The van der Waals surface area contributed by atoms with E-state index in [9.17, 15) is 0 Å². The summed E-state index contributed by atoms with van der Waals surface area (Å²) in [6.45, 7) is 1.70. The zero-order valence-electron chi connectivity index (χ0n) is 15.6. The Balaban J connectivity index is 1.46. The number of rotatable bonds is 4. The summed E-state index contributed by atoms with van der Waals surface area (Å²) in [5.74, 6) is 3.03. The van der Waals surface area contributed by atoms with E-state index in [4.69, 9.17) is 15.0 Å². The lowest BCUT2D eigenvalue weighted by atomic mass is 9.95. The standard InChI is InChI=1S/C21H20N6O/c1-28-17-4-2-15(3-5-17)18-6-10-24-21(25-18)16-8-12-27(13-9-16)20-7-11-23-19(14-22)26-20/h2-7,10-11,16H,8-9,12-13H2,1H3. The second kappa shape index (κ2) is 8.01. The molecule has 7 heteroatoms. The number of benzene rings is 1. The molecule has 0 atom stereocenters. The van der Waals surface area contributed by atoms with Gasteiger partial charge in [0, 0.05) is 37.0 Å². The molecule has 0 aliphatic carbocycles. The second-order valence-corrected chi connectivity index (χ2v) is 6.64. The molecule has 1 aliphatic heterocycles. The molecule has 0 saturated carbocycles. The SMILES string of the molecule is COc1ccc(-c2ccnc(C3CCN(c4ccnc(C#N)n4)CC3)n2)cc1. The quantitative estimate of drug-likeness (QED) is 0.695. The zero-order valence-corrected chi connectivity index (χ0v) is 15.6. The van der Waals surface area contributed by atoms with E-state index < -0.39 is 0 Å². The van der Waals surface area contributed by atoms with Gasteiger partial charge in [-0.3, -0.25) is 0 Å². The minimum atomic E-state index is 0.204. The summed E-state index contributed by atoms with van der Waals surface area (Å²) in [6, 6.07) is 13.7. The van der Waals surface area contributed by atoms with E-state index in [0.29, 0.717) is 5.92 Å². The summed E-state index contributed by atoms with van der Waals surface area (Å²) in [4.78, 5) is 19.8. The summed E-state index contributed by atoms with van der Waals surface area (Å²) < 4.78 is 5.22. The van der Waals surface area contributed by atoms with E-state index in [1.807, 2.05) is 48.7 Å². The van der Waals surface area contributed by atoms with Crippen molar-refractivity contribution in [3.63, 3.8) is 0 Å². The maximum Gasteiger partial charge on any atom is 0.234 e. The van der Waals surface area contributed by atoms with E-state index in [0.717, 1.165) is 54.6 Å². The van der Waals surface area contributed by atoms with Gasteiger partial charge in [0.15, 0.2) is 0 Å². The predicted molar refractivity (Wildman–Crippen MR) is 105 cm³/mol. The fourth-order valence-corrected chi connectivity index (χ4v) is 3.44. The van der Waals surface area contributed by atoms with Crippen molar-refractivity contribution in [3.05, 3.63) is 60.4 Å². The highest BCUT2D eigenvalue weighted by atomic mass is 16.5. The van der Waals surface area contributed by atoms with Crippen molar-refractivity contribution in [1.82, 2.24) is 19.9 Å². The first-order valence-electron chi connectivity index (χ1n) is 9.22. The zero-order chi connectivity index (χ0) is 19.3. The molecule has 3 aromatic rings. The molecular formula is C21H20N6O. The minimum absolute atomic E-state index is 0.204. The number of nitrogens with zero attached hydrogens (tertiary/aromatic N) is 6. The van der Waals surface area contributed by atoms with Crippen molar-refractivity contribution in [1.29, 1.82) is 5.26 Å². The fourth-order valence-electron chi connectivity index (χ4n) is 3.44. The van der Waals surface area contributed by atoms with Crippen molar-refractivity contribution < 1.29 is 4.74 Å². The molecule has 1 saturated heterocycles. The molecule has 140 valence electrons. The number of piperidine rings is 1. The predicted octanol–water partition coefficient (Wildman–Crippen LogP) is 3.20. The van der Waals surface area contributed by atoms with Crippen molar-refractivity contribution in [2.75, 3.05) is 25.1 Å². The molecule has 0 amide bonds. The average molecular weight is 372 g/mol. The summed E-state index contributed by atoms with van der Waals surface area (Å²) in [6.07, 6.45) is 5.35. The first-order valence-corrected chi connectivity index (χ1v) is 9.22. The van der Waals surface area contributed by atoms with Gasteiger partial charge < -0.3 is 9.64 Å². The molecule has 0 unspecified atom stereocenters. The number of aromatic nitrogens is 4. The topological polar surface area (TPSA) is 87.8 Å². The third kappa shape index (κ3) is 3.76. The van der Waals surface area contributed by atoms with E-state index in [2.05, 4.69) is 19.9 Å². The number of anilines is 1. The van der Waals surface area contributed by atoms with E-state index in [1.165, 1.54) is 0 Å². The van der Waals surface area contributed by atoms with Crippen LogP contribution in [0.5, 0.6) is 5.75 Å². The van der Waals surface area contributed by atoms with Crippen molar-refractivity contribution in [2.45, 2.75) is 18.8 Å². The first kappa shape index (κ1) is 17.9. The molecule has 0 bridgehead atoms. The van der Waals surface area contributed by atoms with Crippen LogP contribution in [-0.4, -0.2) is 40.1 Å². The molecule has 1 fully saturated rings. The van der Waals surface area contributed by atoms with Gasteiger partial charge in [-0.15, -0.1) is 0 Å². The van der Waals surface area contributed by atoms with Crippen LogP contribution in [0.25, 0.3) is 11.3 Å². The van der Waals surface area contributed by atoms with E-state index in [-0.39, 0.29) is 5.82 Å². The van der Waals surface area contributed by atoms with Crippen LogP contribution in [0.2, 0.25) is 0 Å². The molecule has 7 nitrogen and oxygen atoms in total. The largest absolute Gasteiger partial charge is 0.497 e. The van der Waals surface area contributed by atoms with Crippen LogP contribution in [0.1, 0.15) is 30.4 Å². The molecule has 28 heavy (non-hydrogen) atoms.